The molecule has 1 amide bonds. The van der Waals surface area contributed by atoms with Gasteiger partial charge in [-0.3, -0.25) is 14.9 Å². The zero-order chi connectivity index (χ0) is 20.5. The summed E-state index contributed by atoms with van der Waals surface area (Å²) in [4.78, 5) is 23.5. The number of nitro groups is 1. The van der Waals surface area contributed by atoms with Crippen molar-refractivity contribution in [2.24, 2.45) is 0 Å². The summed E-state index contributed by atoms with van der Waals surface area (Å²) in [5, 5.41) is 14.0. The number of thioether (sulfide) groups is 1. The summed E-state index contributed by atoms with van der Waals surface area (Å²) in [6.45, 7) is 5.30. The first-order valence-corrected chi connectivity index (χ1v) is 10.2. The molecule has 0 radical (unpaired) electrons. The van der Waals surface area contributed by atoms with Crippen LogP contribution in [0.5, 0.6) is 11.5 Å². The number of carbonyl (C=O) groups excluding carboxylic acids is 1. The molecule has 1 N–H and O–H groups in total. The van der Waals surface area contributed by atoms with Gasteiger partial charge in [0.25, 0.3) is 11.6 Å². The minimum Gasteiger partial charge on any atom is -0.490 e. The summed E-state index contributed by atoms with van der Waals surface area (Å²) < 4.78 is 11.1. The van der Waals surface area contributed by atoms with E-state index in [-0.39, 0.29) is 17.2 Å². The van der Waals surface area contributed by atoms with Gasteiger partial charge in [-0.1, -0.05) is 6.07 Å². The molecule has 0 saturated carbocycles. The summed E-state index contributed by atoms with van der Waals surface area (Å²) >= 11 is 1.27. The number of carbonyl (C=O) groups is 1. The third-order valence-electron chi connectivity index (χ3n) is 3.94. The number of nitro benzene ring substituents is 1. The van der Waals surface area contributed by atoms with Crippen molar-refractivity contribution in [2.45, 2.75) is 25.2 Å². The third-order valence-corrected chi connectivity index (χ3v) is 4.73. The smallest absolute Gasteiger partial charge is 0.283 e. The van der Waals surface area contributed by atoms with Crippen molar-refractivity contribution in [1.82, 2.24) is 5.32 Å². The lowest BCUT2D eigenvalue weighted by Gasteiger charge is -2.12. The van der Waals surface area contributed by atoms with Crippen LogP contribution in [0.2, 0.25) is 0 Å². The van der Waals surface area contributed by atoms with Crippen LogP contribution in [0.4, 0.5) is 5.69 Å². The van der Waals surface area contributed by atoms with E-state index >= 15 is 0 Å². The quantitative estimate of drug-likeness (QED) is 0.364. The van der Waals surface area contributed by atoms with Gasteiger partial charge in [-0.2, -0.15) is 0 Å². The third kappa shape index (κ3) is 5.63. The number of hydrogen-bond acceptors (Lipinski definition) is 6. The zero-order valence-corrected chi connectivity index (χ0v) is 17.0. The van der Waals surface area contributed by atoms with Crippen LogP contribution in [0.15, 0.2) is 41.3 Å². The van der Waals surface area contributed by atoms with E-state index in [1.54, 1.807) is 18.4 Å². The van der Waals surface area contributed by atoms with Gasteiger partial charge in [-0.25, -0.2) is 0 Å². The second-order valence-electron chi connectivity index (χ2n) is 5.80. The molecule has 2 rings (SSSR count). The molecule has 28 heavy (non-hydrogen) atoms. The second kappa shape index (κ2) is 10.6. The van der Waals surface area contributed by atoms with Crippen LogP contribution in [-0.4, -0.2) is 36.8 Å². The first-order valence-electron chi connectivity index (χ1n) is 8.99. The van der Waals surface area contributed by atoms with Crippen LogP contribution in [0.1, 0.15) is 29.8 Å². The van der Waals surface area contributed by atoms with Crippen molar-refractivity contribution in [2.75, 3.05) is 26.0 Å². The van der Waals surface area contributed by atoms with Gasteiger partial charge in [0.05, 0.1) is 23.0 Å². The summed E-state index contributed by atoms with van der Waals surface area (Å²) in [6.07, 6.45) is 2.36. The maximum absolute atomic E-state index is 12.3. The Hall–Kier alpha value is -2.74. The number of nitrogens with one attached hydrogen (secondary N) is 1. The standard InChI is InChI=1S/C20H24N2O5S/c1-4-26-17-8-6-14(12-18(17)27-5-2)10-11-21-20(23)15-7-9-19(28-3)16(13-15)22(24)25/h6-9,12-13H,4-5,10-11H2,1-3H3,(H,21,23). The van der Waals surface area contributed by atoms with Crippen molar-refractivity contribution < 1.29 is 19.2 Å². The molecule has 150 valence electrons. The molecule has 2 aromatic carbocycles. The van der Waals surface area contributed by atoms with E-state index < -0.39 is 4.92 Å². The minimum absolute atomic E-state index is 0.0620. The molecule has 0 heterocycles. The summed E-state index contributed by atoms with van der Waals surface area (Å²) in [7, 11) is 0. The molecule has 0 atom stereocenters. The van der Waals surface area contributed by atoms with Gasteiger partial charge < -0.3 is 14.8 Å². The van der Waals surface area contributed by atoms with Crippen LogP contribution in [-0.2, 0) is 6.42 Å². The Bertz CT molecular complexity index is 841. The van der Waals surface area contributed by atoms with Gasteiger partial charge >= 0.3 is 0 Å². The predicted octanol–water partition coefficient (Wildman–Crippen LogP) is 4.09. The number of rotatable bonds is 10. The minimum atomic E-state index is -0.474. The van der Waals surface area contributed by atoms with Crippen LogP contribution in [0.25, 0.3) is 0 Å². The van der Waals surface area contributed by atoms with Gasteiger partial charge in [0, 0.05) is 18.2 Å². The Balaban J connectivity index is 2.01. The molecule has 0 spiro atoms. The summed E-state index contributed by atoms with van der Waals surface area (Å²) in [6, 6.07) is 10.2. The van der Waals surface area contributed by atoms with Gasteiger partial charge in [-0.05, 0) is 56.4 Å². The van der Waals surface area contributed by atoms with Gasteiger partial charge in [0.1, 0.15) is 0 Å². The molecular formula is C20H24N2O5S. The number of nitrogens with zero attached hydrogens (tertiary/aromatic N) is 1. The predicted molar refractivity (Wildman–Crippen MR) is 110 cm³/mol. The molecule has 0 fully saturated rings. The Kier molecular flexibility index (Phi) is 8.13. The van der Waals surface area contributed by atoms with Crippen LogP contribution >= 0.6 is 11.8 Å². The lowest BCUT2D eigenvalue weighted by atomic mass is 10.1. The molecule has 0 bridgehead atoms. The molecule has 2 aromatic rings. The van der Waals surface area contributed by atoms with E-state index in [0.29, 0.717) is 42.6 Å². The average Bonchev–Trinajstić information content (AvgIpc) is 2.69. The molecular weight excluding hydrogens is 380 g/mol. The van der Waals surface area contributed by atoms with Crippen molar-refractivity contribution in [3.63, 3.8) is 0 Å². The average molecular weight is 404 g/mol. The lowest BCUT2D eigenvalue weighted by Crippen LogP contribution is -2.25. The van der Waals surface area contributed by atoms with Gasteiger partial charge in [0.15, 0.2) is 11.5 Å². The molecule has 0 aliphatic rings. The van der Waals surface area contributed by atoms with Crippen LogP contribution in [0, 0.1) is 10.1 Å². The number of hydrogen-bond donors (Lipinski definition) is 1. The highest BCUT2D eigenvalue weighted by Gasteiger charge is 2.17. The fraction of sp³-hybridized carbons (Fsp3) is 0.350. The first kappa shape index (κ1) is 21.6. The highest BCUT2D eigenvalue weighted by Crippen LogP contribution is 2.29. The first-order chi connectivity index (χ1) is 13.5. The number of benzene rings is 2. The maximum atomic E-state index is 12.3. The highest BCUT2D eigenvalue weighted by molar-refractivity contribution is 7.98. The second-order valence-corrected chi connectivity index (χ2v) is 6.64. The van der Waals surface area contributed by atoms with Crippen molar-refractivity contribution in [1.29, 1.82) is 0 Å². The molecule has 0 aliphatic heterocycles. The molecule has 0 unspecified atom stereocenters. The van der Waals surface area contributed by atoms with Crippen molar-refractivity contribution in [3.05, 3.63) is 57.6 Å². The molecule has 7 nitrogen and oxygen atoms in total. The Labute approximate surface area is 168 Å². The van der Waals surface area contributed by atoms with Crippen LogP contribution in [0.3, 0.4) is 0 Å². The number of ether oxygens (including phenoxy) is 2. The fourth-order valence-electron chi connectivity index (χ4n) is 2.65. The van der Waals surface area contributed by atoms with Crippen LogP contribution < -0.4 is 14.8 Å². The van der Waals surface area contributed by atoms with E-state index in [4.69, 9.17) is 9.47 Å². The molecule has 0 aromatic heterocycles. The Morgan fingerprint density at radius 1 is 1.11 bits per heavy atom. The molecule has 0 saturated heterocycles. The summed E-state index contributed by atoms with van der Waals surface area (Å²) in [5.74, 6) is 1.03. The molecule has 0 aliphatic carbocycles. The lowest BCUT2D eigenvalue weighted by molar-refractivity contribution is -0.387. The van der Waals surface area contributed by atoms with E-state index in [9.17, 15) is 14.9 Å². The van der Waals surface area contributed by atoms with Crippen molar-refractivity contribution in [3.8, 4) is 11.5 Å². The Morgan fingerprint density at radius 2 is 1.82 bits per heavy atom. The Morgan fingerprint density at radius 3 is 2.46 bits per heavy atom. The zero-order valence-electron chi connectivity index (χ0n) is 16.2. The maximum Gasteiger partial charge on any atom is 0.283 e. The molecule has 8 heteroatoms. The van der Waals surface area contributed by atoms with Crippen molar-refractivity contribution >= 4 is 23.4 Å². The van der Waals surface area contributed by atoms with E-state index in [2.05, 4.69) is 5.32 Å². The van der Waals surface area contributed by atoms with Gasteiger partial charge in [-0.15, -0.1) is 11.8 Å². The number of amides is 1. The summed E-state index contributed by atoms with van der Waals surface area (Å²) in [5.41, 5.74) is 1.20. The monoisotopic (exact) mass is 404 g/mol. The van der Waals surface area contributed by atoms with E-state index in [1.165, 1.54) is 17.8 Å². The normalized spacial score (nSPS) is 10.4. The topological polar surface area (TPSA) is 90.7 Å². The van der Waals surface area contributed by atoms with E-state index in [1.807, 2.05) is 32.0 Å². The highest BCUT2D eigenvalue weighted by atomic mass is 32.2. The fourth-order valence-corrected chi connectivity index (χ4v) is 3.19. The van der Waals surface area contributed by atoms with E-state index in [0.717, 1.165) is 5.56 Å². The van der Waals surface area contributed by atoms with Gasteiger partial charge in [0.2, 0.25) is 0 Å². The SMILES string of the molecule is CCOc1ccc(CCNC(=O)c2ccc(SC)c([N+](=O)[O-])c2)cc1OCC. The largest absolute Gasteiger partial charge is 0.490 e.